The summed E-state index contributed by atoms with van der Waals surface area (Å²) in [4.78, 5) is 28.1. The molecule has 0 aromatic heterocycles. The summed E-state index contributed by atoms with van der Waals surface area (Å²) in [5, 5.41) is 12.7. The van der Waals surface area contributed by atoms with Gasteiger partial charge < -0.3 is 16.0 Å². The number of nitriles is 1. The Bertz CT molecular complexity index is 1070. The van der Waals surface area contributed by atoms with Crippen molar-refractivity contribution in [1.82, 2.24) is 4.90 Å². The topological polar surface area (TPSA) is 99.2 Å². The summed E-state index contributed by atoms with van der Waals surface area (Å²) in [6.45, 7) is 0.338. The van der Waals surface area contributed by atoms with Gasteiger partial charge in [-0.2, -0.15) is 5.26 Å². The Labute approximate surface area is 206 Å². The summed E-state index contributed by atoms with van der Waals surface area (Å²) in [7, 11) is 0. The summed E-state index contributed by atoms with van der Waals surface area (Å²) in [6.07, 6.45) is 7.46. The predicted octanol–water partition coefficient (Wildman–Crippen LogP) is 5.25. The van der Waals surface area contributed by atoms with E-state index in [0.29, 0.717) is 28.4 Å². The van der Waals surface area contributed by atoms with Crippen molar-refractivity contribution < 1.29 is 9.59 Å². The van der Waals surface area contributed by atoms with E-state index in [4.69, 9.17) is 22.6 Å². The van der Waals surface area contributed by atoms with E-state index in [1.165, 1.54) is 0 Å². The molecule has 2 aromatic rings. The molecule has 34 heavy (non-hydrogen) atoms. The maximum Gasteiger partial charge on any atom is 0.254 e. The molecule has 0 atom stereocenters. The Morgan fingerprint density at radius 3 is 2.35 bits per heavy atom. The number of rotatable bonds is 6. The molecule has 2 aliphatic carbocycles. The minimum atomic E-state index is -0.0959. The van der Waals surface area contributed by atoms with Crippen molar-refractivity contribution in [3.8, 4) is 6.07 Å². The van der Waals surface area contributed by atoms with Crippen molar-refractivity contribution in [2.24, 2.45) is 11.7 Å². The molecule has 0 saturated heterocycles. The fraction of sp³-hybridized carbons (Fsp3) is 0.444. The van der Waals surface area contributed by atoms with E-state index in [1.807, 2.05) is 17.0 Å². The third kappa shape index (κ3) is 5.78. The molecular weight excluding hydrogens is 448 g/mol. The molecule has 178 valence electrons. The zero-order chi connectivity index (χ0) is 24.1. The number of nitrogens with zero attached hydrogens (tertiary/aromatic N) is 2. The molecule has 0 bridgehead atoms. The third-order valence-electron chi connectivity index (χ3n) is 7.08. The molecule has 2 aromatic carbocycles. The monoisotopic (exact) mass is 478 g/mol. The lowest BCUT2D eigenvalue weighted by molar-refractivity contribution is -0.119. The van der Waals surface area contributed by atoms with Crippen molar-refractivity contribution in [2.75, 3.05) is 5.32 Å². The van der Waals surface area contributed by atoms with Crippen LogP contribution < -0.4 is 11.1 Å². The summed E-state index contributed by atoms with van der Waals surface area (Å²) in [5.41, 5.74) is 8.66. The van der Waals surface area contributed by atoms with Crippen LogP contribution in [0.1, 0.15) is 72.9 Å². The van der Waals surface area contributed by atoms with Gasteiger partial charge in [-0.15, -0.1) is 0 Å². The number of carbonyl (C=O) groups excluding carboxylic acids is 2. The van der Waals surface area contributed by atoms with Gasteiger partial charge in [0.05, 0.1) is 11.6 Å². The zero-order valence-electron chi connectivity index (χ0n) is 19.3. The number of hydrogen-bond donors (Lipinski definition) is 2. The highest BCUT2D eigenvalue weighted by molar-refractivity contribution is 6.31. The smallest absolute Gasteiger partial charge is 0.254 e. The lowest BCUT2D eigenvalue weighted by Crippen LogP contribution is -2.44. The van der Waals surface area contributed by atoms with Crippen LogP contribution in [0.4, 0.5) is 5.69 Å². The van der Waals surface area contributed by atoms with Crippen LogP contribution in [0.15, 0.2) is 42.5 Å². The Morgan fingerprint density at radius 2 is 1.71 bits per heavy atom. The van der Waals surface area contributed by atoms with Crippen LogP contribution in [-0.2, 0) is 11.3 Å². The number of amides is 2. The largest absolute Gasteiger partial charge is 0.331 e. The number of nitrogens with one attached hydrogen (secondary N) is 1. The molecule has 2 saturated carbocycles. The highest BCUT2D eigenvalue weighted by atomic mass is 35.5. The van der Waals surface area contributed by atoms with Gasteiger partial charge in [0.15, 0.2) is 0 Å². The van der Waals surface area contributed by atoms with Crippen molar-refractivity contribution >= 4 is 29.1 Å². The maximum absolute atomic E-state index is 13.6. The molecule has 4 rings (SSSR count). The van der Waals surface area contributed by atoms with Crippen molar-refractivity contribution in [1.29, 1.82) is 5.26 Å². The van der Waals surface area contributed by atoms with Crippen molar-refractivity contribution in [2.45, 2.75) is 70.0 Å². The number of benzene rings is 2. The highest BCUT2D eigenvalue weighted by Gasteiger charge is 2.29. The second-order valence-corrected chi connectivity index (χ2v) is 9.87. The number of halogens is 1. The Hall–Kier alpha value is -2.88. The first-order valence-electron chi connectivity index (χ1n) is 12.1. The van der Waals surface area contributed by atoms with Crippen molar-refractivity contribution in [3.63, 3.8) is 0 Å². The molecule has 2 amide bonds. The van der Waals surface area contributed by atoms with Gasteiger partial charge in [-0.05, 0) is 86.6 Å². The van der Waals surface area contributed by atoms with E-state index < -0.39 is 0 Å². The quantitative estimate of drug-likeness (QED) is 0.592. The first kappa shape index (κ1) is 24.3. The van der Waals surface area contributed by atoms with Gasteiger partial charge >= 0.3 is 0 Å². The van der Waals surface area contributed by atoms with E-state index in [2.05, 4.69) is 11.4 Å². The second-order valence-electron chi connectivity index (χ2n) is 9.47. The first-order chi connectivity index (χ1) is 16.4. The van der Waals surface area contributed by atoms with Crippen LogP contribution in [0.25, 0.3) is 0 Å². The standard InChI is InChI=1S/C27H31ClN4O2/c28-25-14-11-23(31-26(33)19-3-1-2-4-19)15-21(25)17-32(24-12-9-22(30)10-13-24)27(34)20-7-5-18(16-29)6-8-20/h5-8,11,14-15,19,22,24H,1-4,9-10,12-13,17,30H2,(H,31,33). The lowest BCUT2D eigenvalue weighted by atomic mass is 9.90. The average Bonchev–Trinajstić information content (AvgIpc) is 3.40. The van der Waals surface area contributed by atoms with Gasteiger partial charge in [0.2, 0.25) is 5.91 Å². The van der Waals surface area contributed by atoms with Gasteiger partial charge in [-0.25, -0.2) is 0 Å². The molecule has 0 aliphatic heterocycles. The molecule has 2 aliphatic rings. The number of nitrogens with two attached hydrogens (primary N) is 1. The van der Waals surface area contributed by atoms with E-state index >= 15 is 0 Å². The molecule has 0 unspecified atom stereocenters. The van der Waals surface area contributed by atoms with E-state index in [-0.39, 0.29) is 29.8 Å². The number of anilines is 1. The van der Waals surface area contributed by atoms with Gasteiger partial charge in [0.1, 0.15) is 0 Å². The Balaban J connectivity index is 1.57. The van der Waals surface area contributed by atoms with Crippen LogP contribution >= 0.6 is 11.6 Å². The van der Waals surface area contributed by atoms with Gasteiger partial charge in [0, 0.05) is 40.8 Å². The van der Waals surface area contributed by atoms with Gasteiger partial charge in [-0.1, -0.05) is 24.4 Å². The van der Waals surface area contributed by atoms with Crippen molar-refractivity contribution in [3.05, 3.63) is 64.2 Å². The summed E-state index contributed by atoms with van der Waals surface area (Å²) >= 11 is 6.55. The Morgan fingerprint density at radius 1 is 1.03 bits per heavy atom. The van der Waals surface area contributed by atoms with E-state index in [9.17, 15) is 9.59 Å². The number of hydrogen-bond acceptors (Lipinski definition) is 4. The van der Waals surface area contributed by atoms with Crippen LogP contribution in [0.2, 0.25) is 5.02 Å². The van der Waals surface area contributed by atoms with Gasteiger partial charge in [-0.3, -0.25) is 9.59 Å². The second kappa shape index (κ2) is 11.0. The molecule has 0 heterocycles. The van der Waals surface area contributed by atoms with Crippen LogP contribution in [0, 0.1) is 17.2 Å². The van der Waals surface area contributed by atoms with Gasteiger partial charge in [0.25, 0.3) is 5.91 Å². The van der Waals surface area contributed by atoms with Crippen LogP contribution in [0.3, 0.4) is 0 Å². The minimum Gasteiger partial charge on any atom is -0.331 e. The first-order valence-corrected chi connectivity index (χ1v) is 12.5. The fourth-order valence-corrected chi connectivity index (χ4v) is 5.20. The highest BCUT2D eigenvalue weighted by Crippen LogP contribution is 2.30. The molecular formula is C27H31ClN4O2. The summed E-state index contributed by atoms with van der Waals surface area (Å²) in [5.74, 6) is 0.0269. The molecule has 2 fully saturated rings. The maximum atomic E-state index is 13.6. The van der Waals surface area contributed by atoms with Crippen LogP contribution in [0.5, 0.6) is 0 Å². The molecule has 0 spiro atoms. The van der Waals surface area contributed by atoms with Crippen LogP contribution in [-0.4, -0.2) is 28.8 Å². The third-order valence-corrected chi connectivity index (χ3v) is 7.45. The molecule has 6 nitrogen and oxygen atoms in total. The fourth-order valence-electron chi connectivity index (χ4n) is 5.02. The molecule has 3 N–H and O–H groups in total. The minimum absolute atomic E-state index is 0.0516. The molecule has 0 radical (unpaired) electrons. The average molecular weight is 479 g/mol. The number of carbonyl (C=O) groups is 2. The molecule has 7 heteroatoms. The van der Waals surface area contributed by atoms with E-state index in [0.717, 1.165) is 56.9 Å². The summed E-state index contributed by atoms with van der Waals surface area (Å²) in [6, 6.07) is 14.5. The SMILES string of the molecule is N#Cc1ccc(C(=O)N(Cc2cc(NC(=O)C3CCCC3)ccc2Cl)C2CCC(N)CC2)cc1. The lowest BCUT2D eigenvalue weighted by Gasteiger charge is -2.36. The zero-order valence-corrected chi connectivity index (χ0v) is 20.1. The van der Waals surface area contributed by atoms with E-state index in [1.54, 1.807) is 30.3 Å². The Kier molecular flexibility index (Phi) is 7.87. The predicted molar refractivity (Wildman–Crippen MR) is 133 cm³/mol. The normalized spacial score (nSPS) is 20.5. The summed E-state index contributed by atoms with van der Waals surface area (Å²) < 4.78 is 0.